The number of benzene rings is 3. The first-order chi connectivity index (χ1) is 15.4. The molecule has 0 spiro atoms. The molecule has 0 unspecified atom stereocenters. The molecule has 0 saturated heterocycles. The summed E-state index contributed by atoms with van der Waals surface area (Å²) in [5.74, 6) is -0.462. The number of ether oxygens (including phenoxy) is 2. The Hall–Kier alpha value is -3.91. The Bertz CT molecular complexity index is 1150. The molecular formula is C23H19ClN2O6. The van der Waals surface area contributed by atoms with Crippen LogP contribution in [0.4, 0.5) is 11.4 Å². The topological polar surface area (TPSA) is 108 Å². The van der Waals surface area contributed by atoms with Gasteiger partial charge in [0.15, 0.2) is 0 Å². The van der Waals surface area contributed by atoms with Crippen LogP contribution in [-0.4, -0.2) is 30.5 Å². The second kappa shape index (κ2) is 10.4. The molecule has 0 aliphatic heterocycles. The van der Waals surface area contributed by atoms with Gasteiger partial charge in [-0.1, -0.05) is 35.9 Å². The maximum atomic E-state index is 12.6. The van der Waals surface area contributed by atoms with Gasteiger partial charge in [-0.2, -0.15) is 0 Å². The zero-order valence-corrected chi connectivity index (χ0v) is 17.8. The number of hydrogen-bond acceptors (Lipinski definition) is 6. The van der Waals surface area contributed by atoms with Crippen molar-refractivity contribution in [2.45, 2.75) is 6.42 Å². The van der Waals surface area contributed by atoms with Crippen LogP contribution in [0, 0.1) is 10.1 Å². The van der Waals surface area contributed by atoms with E-state index in [1.54, 1.807) is 25.3 Å². The summed E-state index contributed by atoms with van der Waals surface area (Å²) in [4.78, 5) is 35.4. The van der Waals surface area contributed by atoms with E-state index in [1.165, 1.54) is 18.2 Å². The molecule has 1 amide bonds. The van der Waals surface area contributed by atoms with Crippen LogP contribution in [0.25, 0.3) is 0 Å². The Morgan fingerprint density at radius 3 is 2.41 bits per heavy atom. The molecule has 0 aliphatic rings. The van der Waals surface area contributed by atoms with Crippen molar-refractivity contribution in [2.75, 3.05) is 19.0 Å². The summed E-state index contributed by atoms with van der Waals surface area (Å²) in [6.07, 6.45) is 0.517. The number of anilines is 1. The summed E-state index contributed by atoms with van der Waals surface area (Å²) in [5.41, 5.74) is 1.20. The van der Waals surface area contributed by atoms with Crippen LogP contribution in [0.3, 0.4) is 0 Å². The van der Waals surface area contributed by atoms with E-state index in [-0.39, 0.29) is 34.1 Å². The summed E-state index contributed by atoms with van der Waals surface area (Å²) in [6.45, 7) is 0.154. The Balaban J connectivity index is 1.66. The summed E-state index contributed by atoms with van der Waals surface area (Å²) in [7, 11) is 1.59. The third kappa shape index (κ3) is 5.61. The van der Waals surface area contributed by atoms with Crippen LogP contribution in [0.5, 0.6) is 5.75 Å². The summed E-state index contributed by atoms with van der Waals surface area (Å²) in [6, 6.07) is 17.3. The fraction of sp³-hybridized carbons (Fsp3) is 0.130. The van der Waals surface area contributed by atoms with Gasteiger partial charge in [0.05, 0.1) is 40.5 Å². The number of nitro groups is 1. The van der Waals surface area contributed by atoms with E-state index in [0.717, 1.165) is 17.4 Å². The standard InChI is InChI=1S/C23H19ClN2O6/c1-31-17-9-6-15(7-10-17)12-13-32-23(28)19-4-2-3-5-21(19)25-22(27)18-11-8-16(26(29)30)14-20(18)24/h2-11,14H,12-13H2,1H3,(H,25,27). The van der Waals surface area contributed by atoms with E-state index >= 15 is 0 Å². The van der Waals surface area contributed by atoms with E-state index in [9.17, 15) is 19.7 Å². The van der Waals surface area contributed by atoms with Gasteiger partial charge in [-0.05, 0) is 35.9 Å². The van der Waals surface area contributed by atoms with Crippen molar-refractivity contribution in [3.63, 3.8) is 0 Å². The Morgan fingerprint density at radius 2 is 1.75 bits per heavy atom. The van der Waals surface area contributed by atoms with E-state index < -0.39 is 16.8 Å². The third-order valence-electron chi connectivity index (χ3n) is 4.59. The predicted molar refractivity (Wildman–Crippen MR) is 119 cm³/mol. The molecule has 0 heterocycles. The molecule has 0 atom stereocenters. The molecule has 0 bridgehead atoms. The highest BCUT2D eigenvalue weighted by Crippen LogP contribution is 2.24. The van der Waals surface area contributed by atoms with Crippen LogP contribution in [0.2, 0.25) is 5.02 Å². The van der Waals surface area contributed by atoms with Crippen molar-refractivity contribution in [1.29, 1.82) is 0 Å². The first-order valence-corrected chi connectivity index (χ1v) is 9.91. The molecule has 32 heavy (non-hydrogen) atoms. The Kier molecular flexibility index (Phi) is 7.41. The smallest absolute Gasteiger partial charge is 0.340 e. The minimum atomic E-state index is -0.608. The van der Waals surface area contributed by atoms with Crippen molar-refractivity contribution in [3.05, 3.63) is 98.6 Å². The lowest BCUT2D eigenvalue weighted by Crippen LogP contribution is -2.17. The van der Waals surface area contributed by atoms with Crippen molar-refractivity contribution in [1.82, 2.24) is 0 Å². The number of hydrogen-bond donors (Lipinski definition) is 1. The molecule has 0 radical (unpaired) electrons. The molecule has 3 aromatic carbocycles. The van der Waals surface area contributed by atoms with Gasteiger partial charge in [0, 0.05) is 18.6 Å². The number of rotatable bonds is 8. The van der Waals surface area contributed by atoms with Crippen LogP contribution >= 0.6 is 11.6 Å². The predicted octanol–water partition coefficient (Wildman–Crippen LogP) is 4.91. The van der Waals surface area contributed by atoms with Gasteiger partial charge in [0.1, 0.15) is 5.75 Å². The zero-order valence-electron chi connectivity index (χ0n) is 17.0. The van der Waals surface area contributed by atoms with Crippen LogP contribution < -0.4 is 10.1 Å². The number of nitro benzene ring substituents is 1. The van der Waals surface area contributed by atoms with Gasteiger partial charge >= 0.3 is 5.97 Å². The number of non-ortho nitro benzene ring substituents is 1. The largest absolute Gasteiger partial charge is 0.497 e. The number of methoxy groups -OCH3 is 1. The van der Waals surface area contributed by atoms with E-state index in [1.807, 2.05) is 24.3 Å². The second-order valence-electron chi connectivity index (χ2n) is 6.65. The maximum Gasteiger partial charge on any atom is 0.340 e. The summed E-state index contributed by atoms with van der Waals surface area (Å²) < 4.78 is 10.5. The number of carbonyl (C=O) groups excluding carboxylic acids is 2. The molecular weight excluding hydrogens is 436 g/mol. The van der Waals surface area contributed by atoms with Gasteiger partial charge < -0.3 is 14.8 Å². The highest BCUT2D eigenvalue weighted by Gasteiger charge is 2.18. The van der Waals surface area contributed by atoms with Gasteiger partial charge in [0.2, 0.25) is 0 Å². The van der Waals surface area contributed by atoms with Gasteiger partial charge in [0.25, 0.3) is 11.6 Å². The number of nitrogens with one attached hydrogen (secondary N) is 1. The molecule has 9 heteroatoms. The monoisotopic (exact) mass is 454 g/mol. The lowest BCUT2D eigenvalue weighted by Gasteiger charge is -2.12. The lowest BCUT2D eigenvalue weighted by atomic mass is 10.1. The quantitative estimate of drug-likeness (QED) is 0.294. The van der Waals surface area contributed by atoms with E-state index in [0.29, 0.717) is 6.42 Å². The number of halogens is 1. The maximum absolute atomic E-state index is 12.6. The molecule has 3 rings (SSSR count). The van der Waals surface area contributed by atoms with Gasteiger partial charge in [-0.25, -0.2) is 4.79 Å². The number of amides is 1. The van der Waals surface area contributed by atoms with Crippen LogP contribution in [-0.2, 0) is 11.2 Å². The minimum Gasteiger partial charge on any atom is -0.497 e. The van der Waals surface area contributed by atoms with E-state index in [4.69, 9.17) is 21.1 Å². The third-order valence-corrected chi connectivity index (χ3v) is 4.90. The lowest BCUT2D eigenvalue weighted by molar-refractivity contribution is -0.384. The highest BCUT2D eigenvalue weighted by atomic mass is 35.5. The first-order valence-electron chi connectivity index (χ1n) is 9.53. The highest BCUT2D eigenvalue weighted by molar-refractivity contribution is 6.34. The minimum absolute atomic E-state index is 0.0416. The average molecular weight is 455 g/mol. The van der Waals surface area contributed by atoms with Crippen molar-refractivity contribution in [3.8, 4) is 5.75 Å². The van der Waals surface area contributed by atoms with E-state index in [2.05, 4.69) is 5.32 Å². The SMILES string of the molecule is COc1ccc(CCOC(=O)c2ccccc2NC(=O)c2ccc([N+](=O)[O-])cc2Cl)cc1. The number of nitrogens with zero attached hydrogens (tertiary/aromatic N) is 1. The Labute approximate surface area is 188 Å². The second-order valence-corrected chi connectivity index (χ2v) is 7.06. The average Bonchev–Trinajstić information content (AvgIpc) is 2.79. The summed E-state index contributed by atoms with van der Waals surface area (Å²) >= 11 is 6.02. The molecule has 1 N–H and O–H groups in total. The number of para-hydroxylation sites is 1. The Morgan fingerprint density at radius 1 is 1.03 bits per heavy atom. The van der Waals surface area contributed by atoms with Crippen molar-refractivity contribution >= 4 is 34.9 Å². The van der Waals surface area contributed by atoms with Crippen LogP contribution in [0.15, 0.2) is 66.7 Å². The molecule has 0 aliphatic carbocycles. The molecule has 8 nitrogen and oxygen atoms in total. The molecule has 0 aromatic heterocycles. The number of carbonyl (C=O) groups is 2. The first kappa shape index (κ1) is 22.8. The normalized spacial score (nSPS) is 10.3. The molecule has 0 saturated carbocycles. The zero-order chi connectivity index (χ0) is 23.1. The van der Waals surface area contributed by atoms with Gasteiger partial charge in [-0.15, -0.1) is 0 Å². The van der Waals surface area contributed by atoms with Crippen molar-refractivity contribution < 1.29 is 24.0 Å². The van der Waals surface area contributed by atoms with Crippen LogP contribution in [0.1, 0.15) is 26.3 Å². The summed E-state index contributed by atoms with van der Waals surface area (Å²) in [5, 5.41) is 13.4. The van der Waals surface area contributed by atoms with Gasteiger partial charge in [-0.3, -0.25) is 14.9 Å². The fourth-order valence-corrected chi connectivity index (χ4v) is 3.15. The number of esters is 1. The molecule has 3 aromatic rings. The van der Waals surface area contributed by atoms with Crippen molar-refractivity contribution in [2.24, 2.45) is 0 Å². The molecule has 0 fully saturated rings. The fourth-order valence-electron chi connectivity index (χ4n) is 2.89. The molecule has 164 valence electrons.